The first kappa shape index (κ1) is 19.4. The lowest BCUT2D eigenvalue weighted by Crippen LogP contribution is -2.50. The summed E-state index contributed by atoms with van der Waals surface area (Å²) >= 11 is 0. The van der Waals surface area contributed by atoms with Gasteiger partial charge in [-0.05, 0) is 31.3 Å². The molecule has 0 spiro atoms. The van der Waals surface area contributed by atoms with E-state index in [9.17, 15) is 18.0 Å². The van der Waals surface area contributed by atoms with Crippen molar-refractivity contribution in [2.24, 2.45) is 0 Å². The third-order valence-electron chi connectivity index (χ3n) is 4.10. The number of nitrogens with one attached hydrogen (secondary N) is 1. The molecule has 1 saturated heterocycles. The van der Waals surface area contributed by atoms with E-state index in [4.69, 9.17) is 0 Å². The minimum atomic E-state index is -3.77. The highest BCUT2D eigenvalue weighted by Gasteiger charge is 2.26. The minimum Gasteiger partial charge on any atom is -0.339 e. The van der Waals surface area contributed by atoms with Gasteiger partial charge in [-0.25, -0.2) is 8.42 Å². The molecule has 0 bridgehead atoms. The predicted molar refractivity (Wildman–Crippen MR) is 94.6 cm³/mol. The van der Waals surface area contributed by atoms with Gasteiger partial charge in [-0.15, -0.1) is 0 Å². The molecule has 25 heavy (non-hydrogen) atoms. The van der Waals surface area contributed by atoms with Gasteiger partial charge in [0.2, 0.25) is 21.8 Å². The third kappa shape index (κ3) is 5.00. The van der Waals surface area contributed by atoms with Gasteiger partial charge in [-0.3, -0.25) is 9.59 Å². The summed E-state index contributed by atoms with van der Waals surface area (Å²) in [5.74, 6) is -0.431. The molecule has 9 heteroatoms. The van der Waals surface area contributed by atoms with Crippen LogP contribution in [0.25, 0.3) is 0 Å². The van der Waals surface area contributed by atoms with Crippen LogP contribution in [-0.2, 0) is 19.6 Å². The molecule has 1 aromatic carbocycles. The number of rotatable bonds is 5. The largest absolute Gasteiger partial charge is 0.339 e. The summed E-state index contributed by atoms with van der Waals surface area (Å²) in [5, 5.41) is 2.58. The van der Waals surface area contributed by atoms with E-state index in [1.165, 1.54) is 38.2 Å². The number of likely N-dealkylation sites (N-methyl/N-ethyl adjacent to an activating group) is 2. The normalized spacial score (nSPS) is 16.1. The SMILES string of the molecule is CC(=O)Nc1ccc(S(=O)(=O)N(C)CC(=O)N2CCN(C)CC2)cc1. The average molecular weight is 368 g/mol. The molecule has 1 aliphatic rings. The van der Waals surface area contributed by atoms with Crippen LogP contribution in [0.2, 0.25) is 0 Å². The summed E-state index contributed by atoms with van der Waals surface area (Å²) in [6.45, 7) is 3.96. The van der Waals surface area contributed by atoms with Crippen molar-refractivity contribution in [1.82, 2.24) is 14.1 Å². The van der Waals surface area contributed by atoms with E-state index >= 15 is 0 Å². The first-order valence-electron chi connectivity index (χ1n) is 8.00. The highest BCUT2D eigenvalue weighted by molar-refractivity contribution is 7.89. The van der Waals surface area contributed by atoms with Crippen molar-refractivity contribution in [2.75, 3.05) is 52.1 Å². The second-order valence-electron chi connectivity index (χ2n) is 6.15. The van der Waals surface area contributed by atoms with Crippen molar-refractivity contribution in [1.29, 1.82) is 0 Å². The Kier molecular flexibility index (Phi) is 6.15. The molecule has 1 heterocycles. The van der Waals surface area contributed by atoms with E-state index < -0.39 is 10.0 Å². The number of anilines is 1. The summed E-state index contributed by atoms with van der Waals surface area (Å²) in [7, 11) is -0.383. The lowest BCUT2D eigenvalue weighted by Gasteiger charge is -2.33. The number of carbonyl (C=O) groups is 2. The molecule has 0 radical (unpaired) electrons. The first-order chi connectivity index (χ1) is 11.7. The van der Waals surface area contributed by atoms with Crippen LogP contribution in [0.15, 0.2) is 29.2 Å². The Morgan fingerprint density at radius 2 is 1.68 bits per heavy atom. The highest BCUT2D eigenvalue weighted by atomic mass is 32.2. The third-order valence-corrected chi connectivity index (χ3v) is 5.91. The molecule has 1 N–H and O–H groups in total. The maximum absolute atomic E-state index is 12.6. The fourth-order valence-electron chi connectivity index (χ4n) is 2.52. The molecule has 2 rings (SSSR count). The summed E-state index contributed by atoms with van der Waals surface area (Å²) in [6, 6.07) is 5.86. The predicted octanol–water partition coefficient (Wildman–Crippen LogP) is 0.0395. The number of hydrogen-bond acceptors (Lipinski definition) is 5. The molecule has 1 fully saturated rings. The summed E-state index contributed by atoms with van der Waals surface area (Å²) in [6.07, 6.45) is 0. The van der Waals surface area contributed by atoms with Crippen LogP contribution >= 0.6 is 0 Å². The molecule has 8 nitrogen and oxygen atoms in total. The molecule has 1 aromatic rings. The lowest BCUT2D eigenvalue weighted by molar-refractivity contribution is -0.132. The van der Waals surface area contributed by atoms with Gasteiger partial charge in [-0.1, -0.05) is 0 Å². The fourth-order valence-corrected chi connectivity index (χ4v) is 3.65. The number of hydrogen-bond donors (Lipinski definition) is 1. The first-order valence-corrected chi connectivity index (χ1v) is 9.44. The Balaban J connectivity index is 2.02. The molecular formula is C16H24N4O4S. The summed E-state index contributed by atoms with van der Waals surface area (Å²) in [5.41, 5.74) is 0.516. The smallest absolute Gasteiger partial charge is 0.243 e. The number of benzene rings is 1. The molecule has 0 unspecified atom stereocenters. The molecule has 0 aliphatic carbocycles. The zero-order valence-corrected chi connectivity index (χ0v) is 15.5. The van der Waals surface area contributed by atoms with Gasteiger partial charge in [0.15, 0.2) is 0 Å². The zero-order valence-electron chi connectivity index (χ0n) is 14.7. The quantitative estimate of drug-likeness (QED) is 0.793. The van der Waals surface area contributed by atoms with E-state index in [1.54, 1.807) is 4.90 Å². The van der Waals surface area contributed by atoms with E-state index in [-0.39, 0.29) is 23.3 Å². The Morgan fingerprint density at radius 3 is 2.20 bits per heavy atom. The van der Waals surface area contributed by atoms with Crippen molar-refractivity contribution in [3.8, 4) is 0 Å². The number of sulfonamides is 1. The van der Waals surface area contributed by atoms with Gasteiger partial charge in [-0.2, -0.15) is 4.31 Å². The van der Waals surface area contributed by atoms with Crippen molar-refractivity contribution in [3.05, 3.63) is 24.3 Å². The van der Waals surface area contributed by atoms with Crippen molar-refractivity contribution >= 4 is 27.5 Å². The lowest BCUT2D eigenvalue weighted by atomic mass is 10.3. The summed E-state index contributed by atoms with van der Waals surface area (Å²) < 4.78 is 26.2. The molecular weight excluding hydrogens is 344 g/mol. The van der Waals surface area contributed by atoms with Crippen LogP contribution in [0.1, 0.15) is 6.92 Å². The fraction of sp³-hybridized carbons (Fsp3) is 0.500. The monoisotopic (exact) mass is 368 g/mol. The molecule has 138 valence electrons. The van der Waals surface area contributed by atoms with Gasteiger partial charge in [0.1, 0.15) is 0 Å². The minimum absolute atomic E-state index is 0.0790. The Bertz CT molecular complexity index is 725. The van der Waals surface area contributed by atoms with E-state index in [0.29, 0.717) is 18.8 Å². The van der Waals surface area contributed by atoms with E-state index in [1.807, 2.05) is 7.05 Å². The Hall–Kier alpha value is -1.97. The van der Waals surface area contributed by atoms with Crippen LogP contribution in [0.3, 0.4) is 0 Å². The van der Waals surface area contributed by atoms with Crippen LogP contribution in [-0.4, -0.2) is 81.2 Å². The van der Waals surface area contributed by atoms with Crippen LogP contribution in [0, 0.1) is 0 Å². The van der Waals surface area contributed by atoms with Gasteiger partial charge in [0.05, 0.1) is 11.4 Å². The number of nitrogens with zero attached hydrogens (tertiary/aromatic N) is 3. The van der Waals surface area contributed by atoms with Crippen LogP contribution in [0.4, 0.5) is 5.69 Å². The van der Waals surface area contributed by atoms with Gasteiger partial charge >= 0.3 is 0 Å². The van der Waals surface area contributed by atoms with Gasteiger partial charge in [0, 0.05) is 45.8 Å². The van der Waals surface area contributed by atoms with Crippen molar-refractivity contribution in [3.63, 3.8) is 0 Å². The van der Waals surface area contributed by atoms with Gasteiger partial charge in [0.25, 0.3) is 0 Å². The molecule has 1 aliphatic heterocycles. The van der Waals surface area contributed by atoms with Crippen LogP contribution in [0.5, 0.6) is 0 Å². The molecule has 0 atom stereocenters. The maximum Gasteiger partial charge on any atom is 0.243 e. The highest BCUT2D eigenvalue weighted by Crippen LogP contribution is 2.17. The average Bonchev–Trinajstić information content (AvgIpc) is 2.55. The molecule has 2 amide bonds. The topological polar surface area (TPSA) is 90.0 Å². The maximum atomic E-state index is 12.6. The molecule has 0 aromatic heterocycles. The van der Waals surface area contributed by atoms with Crippen LogP contribution < -0.4 is 5.32 Å². The zero-order chi connectivity index (χ0) is 18.6. The van der Waals surface area contributed by atoms with Crippen molar-refractivity contribution in [2.45, 2.75) is 11.8 Å². The summed E-state index contributed by atoms with van der Waals surface area (Å²) in [4.78, 5) is 27.2. The van der Waals surface area contributed by atoms with Gasteiger partial charge < -0.3 is 15.1 Å². The van der Waals surface area contributed by atoms with E-state index in [0.717, 1.165) is 17.4 Å². The number of amides is 2. The second kappa shape index (κ2) is 7.94. The Morgan fingerprint density at radius 1 is 1.12 bits per heavy atom. The standard InChI is InChI=1S/C16H24N4O4S/c1-13(21)17-14-4-6-15(7-5-14)25(23,24)19(3)12-16(22)20-10-8-18(2)9-11-20/h4-7H,8-12H2,1-3H3,(H,17,21). The van der Waals surface area contributed by atoms with Crippen molar-refractivity contribution < 1.29 is 18.0 Å². The number of carbonyl (C=O) groups excluding carboxylic acids is 2. The van der Waals surface area contributed by atoms with E-state index in [2.05, 4.69) is 10.2 Å². The molecule has 0 saturated carbocycles. The Labute approximate surface area is 148 Å². The number of piperazine rings is 1. The second-order valence-corrected chi connectivity index (χ2v) is 8.20.